The van der Waals surface area contributed by atoms with Gasteiger partial charge in [0.15, 0.2) is 4.34 Å². The molecule has 1 rings (SSSR count). The summed E-state index contributed by atoms with van der Waals surface area (Å²) in [6.07, 6.45) is 0. The molecule has 1 unspecified atom stereocenters. The number of esters is 1. The van der Waals surface area contributed by atoms with Gasteiger partial charge in [0.25, 0.3) is 0 Å². The van der Waals surface area contributed by atoms with Crippen molar-refractivity contribution in [3.05, 3.63) is 5.01 Å². The third kappa shape index (κ3) is 3.26. The summed E-state index contributed by atoms with van der Waals surface area (Å²) >= 11 is 3.07. The molecule has 0 saturated heterocycles. The summed E-state index contributed by atoms with van der Waals surface area (Å²) in [5.41, 5.74) is 0. The van der Waals surface area contributed by atoms with Gasteiger partial charge < -0.3 is 4.74 Å². The standard InChI is InChI=1S/C8H12N2O2S2/c1-5(7(11)12-3)4-13-8-10-9-6(2)14-8/h5H,4H2,1-3H3. The quantitative estimate of drug-likeness (QED) is 0.584. The zero-order chi connectivity index (χ0) is 10.6. The van der Waals surface area contributed by atoms with Crippen LogP contribution in [0.5, 0.6) is 0 Å². The van der Waals surface area contributed by atoms with Crippen molar-refractivity contribution >= 4 is 29.1 Å². The van der Waals surface area contributed by atoms with E-state index in [-0.39, 0.29) is 11.9 Å². The molecule has 6 heteroatoms. The average molecular weight is 232 g/mol. The first-order chi connectivity index (χ1) is 6.63. The number of hydrogen-bond acceptors (Lipinski definition) is 6. The predicted octanol–water partition coefficient (Wildman–Crippen LogP) is 1.75. The molecule has 0 aliphatic carbocycles. The van der Waals surface area contributed by atoms with Gasteiger partial charge in [-0.2, -0.15) is 0 Å². The number of aromatic nitrogens is 2. The lowest BCUT2D eigenvalue weighted by Crippen LogP contribution is -2.14. The molecule has 1 aromatic heterocycles. The third-order valence-corrected chi connectivity index (χ3v) is 3.80. The van der Waals surface area contributed by atoms with E-state index in [2.05, 4.69) is 14.9 Å². The van der Waals surface area contributed by atoms with Gasteiger partial charge in [0, 0.05) is 5.75 Å². The second-order valence-corrected chi connectivity index (χ2v) is 5.27. The van der Waals surface area contributed by atoms with Crippen LogP contribution in [0.3, 0.4) is 0 Å². The van der Waals surface area contributed by atoms with Crippen molar-refractivity contribution in [1.29, 1.82) is 0 Å². The highest BCUT2D eigenvalue weighted by molar-refractivity contribution is 8.01. The Balaban J connectivity index is 2.37. The molecule has 14 heavy (non-hydrogen) atoms. The van der Waals surface area contributed by atoms with Gasteiger partial charge >= 0.3 is 5.97 Å². The molecule has 0 amide bonds. The maximum Gasteiger partial charge on any atom is 0.309 e. The topological polar surface area (TPSA) is 52.1 Å². The Morgan fingerprint density at radius 2 is 2.36 bits per heavy atom. The van der Waals surface area contributed by atoms with E-state index < -0.39 is 0 Å². The van der Waals surface area contributed by atoms with Crippen molar-refractivity contribution in [1.82, 2.24) is 10.2 Å². The van der Waals surface area contributed by atoms with E-state index in [1.54, 1.807) is 0 Å². The van der Waals surface area contributed by atoms with Gasteiger partial charge in [-0.1, -0.05) is 30.0 Å². The fourth-order valence-electron chi connectivity index (χ4n) is 0.802. The predicted molar refractivity (Wildman–Crippen MR) is 56.6 cm³/mol. The minimum atomic E-state index is -0.182. The monoisotopic (exact) mass is 232 g/mol. The van der Waals surface area contributed by atoms with Crippen molar-refractivity contribution in [2.24, 2.45) is 5.92 Å². The van der Waals surface area contributed by atoms with Crippen LogP contribution < -0.4 is 0 Å². The lowest BCUT2D eigenvalue weighted by molar-refractivity contribution is -0.143. The van der Waals surface area contributed by atoms with Gasteiger partial charge in [-0.15, -0.1) is 10.2 Å². The van der Waals surface area contributed by atoms with Gasteiger partial charge in [0.05, 0.1) is 13.0 Å². The molecule has 0 aromatic carbocycles. The normalized spacial score (nSPS) is 12.5. The lowest BCUT2D eigenvalue weighted by Gasteiger charge is -2.05. The van der Waals surface area contributed by atoms with E-state index in [0.717, 1.165) is 9.35 Å². The largest absolute Gasteiger partial charge is 0.469 e. The Morgan fingerprint density at radius 1 is 1.64 bits per heavy atom. The number of aryl methyl sites for hydroxylation is 1. The van der Waals surface area contributed by atoms with Crippen molar-refractivity contribution in [3.8, 4) is 0 Å². The Labute approximate surface area is 91.1 Å². The van der Waals surface area contributed by atoms with Crippen LogP contribution in [0.15, 0.2) is 4.34 Å². The first kappa shape index (κ1) is 11.5. The van der Waals surface area contributed by atoms with E-state index in [9.17, 15) is 4.79 Å². The number of thioether (sulfide) groups is 1. The summed E-state index contributed by atoms with van der Waals surface area (Å²) in [6, 6.07) is 0. The molecule has 0 saturated carbocycles. The molecule has 0 bridgehead atoms. The maximum absolute atomic E-state index is 11.1. The highest BCUT2D eigenvalue weighted by atomic mass is 32.2. The van der Waals surface area contributed by atoms with Crippen LogP contribution in [0.2, 0.25) is 0 Å². The molecule has 1 atom stereocenters. The van der Waals surface area contributed by atoms with Crippen LogP contribution in [0.1, 0.15) is 11.9 Å². The maximum atomic E-state index is 11.1. The van der Waals surface area contributed by atoms with Crippen molar-refractivity contribution in [2.75, 3.05) is 12.9 Å². The molecule has 0 N–H and O–H groups in total. The number of ether oxygens (including phenoxy) is 1. The molecule has 0 aliphatic heterocycles. The summed E-state index contributed by atoms with van der Waals surface area (Å²) in [5, 5.41) is 8.79. The summed E-state index contributed by atoms with van der Waals surface area (Å²) in [6.45, 7) is 3.75. The molecule has 0 radical (unpaired) electrons. The molecule has 0 aliphatic rings. The molecule has 1 heterocycles. The number of methoxy groups -OCH3 is 1. The van der Waals surface area contributed by atoms with E-state index >= 15 is 0 Å². The van der Waals surface area contributed by atoms with Gasteiger partial charge in [0.1, 0.15) is 5.01 Å². The second kappa shape index (κ2) is 5.31. The Morgan fingerprint density at radius 3 is 2.86 bits per heavy atom. The van der Waals surface area contributed by atoms with Gasteiger partial charge in [-0.25, -0.2) is 0 Å². The summed E-state index contributed by atoms with van der Waals surface area (Å²) in [5.74, 6) is 0.398. The number of carbonyl (C=O) groups is 1. The lowest BCUT2D eigenvalue weighted by atomic mass is 10.2. The molecular weight excluding hydrogens is 220 g/mol. The molecule has 1 aromatic rings. The first-order valence-electron chi connectivity index (χ1n) is 4.14. The summed E-state index contributed by atoms with van der Waals surface area (Å²) < 4.78 is 5.52. The fraction of sp³-hybridized carbons (Fsp3) is 0.625. The van der Waals surface area contributed by atoms with Gasteiger partial charge in [-0.05, 0) is 6.92 Å². The summed E-state index contributed by atoms with van der Waals surface area (Å²) in [7, 11) is 1.40. The summed E-state index contributed by atoms with van der Waals surface area (Å²) in [4.78, 5) is 11.1. The van der Waals surface area contributed by atoms with Crippen LogP contribution >= 0.6 is 23.1 Å². The highest BCUT2D eigenvalue weighted by Gasteiger charge is 2.14. The van der Waals surface area contributed by atoms with Crippen LogP contribution in [0, 0.1) is 12.8 Å². The molecular formula is C8H12N2O2S2. The van der Waals surface area contributed by atoms with E-state index in [0.29, 0.717) is 5.75 Å². The van der Waals surface area contributed by atoms with E-state index in [4.69, 9.17) is 0 Å². The SMILES string of the molecule is COC(=O)C(C)CSc1nnc(C)s1. The molecule has 78 valence electrons. The van der Waals surface area contributed by atoms with Crippen LogP contribution in [-0.2, 0) is 9.53 Å². The molecule has 4 nitrogen and oxygen atoms in total. The smallest absolute Gasteiger partial charge is 0.309 e. The molecule has 0 fully saturated rings. The van der Waals surface area contributed by atoms with Gasteiger partial charge in [-0.3, -0.25) is 4.79 Å². The first-order valence-corrected chi connectivity index (χ1v) is 5.94. The van der Waals surface area contributed by atoms with Crippen molar-refractivity contribution in [3.63, 3.8) is 0 Å². The van der Waals surface area contributed by atoms with Crippen molar-refractivity contribution in [2.45, 2.75) is 18.2 Å². The minimum absolute atomic E-state index is 0.103. The van der Waals surface area contributed by atoms with Crippen molar-refractivity contribution < 1.29 is 9.53 Å². The van der Waals surface area contributed by atoms with Crippen LogP contribution in [-0.4, -0.2) is 29.0 Å². The molecule has 0 spiro atoms. The minimum Gasteiger partial charge on any atom is -0.469 e. The third-order valence-electron chi connectivity index (χ3n) is 1.57. The average Bonchev–Trinajstić information content (AvgIpc) is 2.59. The number of carbonyl (C=O) groups excluding carboxylic acids is 1. The fourth-order valence-corrected chi connectivity index (χ4v) is 2.65. The van der Waals surface area contributed by atoms with Crippen LogP contribution in [0.4, 0.5) is 0 Å². The highest BCUT2D eigenvalue weighted by Crippen LogP contribution is 2.24. The number of rotatable bonds is 4. The van der Waals surface area contributed by atoms with E-state index in [1.807, 2.05) is 13.8 Å². The van der Waals surface area contributed by atoms with Gasteiger partial charge in [0.2, 0.25) is 0 Å². The number of hydrogen-bond donors (Lipinski definition) is 0. The zero-order valence-corrected chi connectivity index (χ0v) is 9.94. The second-order valence-electron chi connectivity index (χ2n) is 2.82. The zero-order valence-electron chi connectivity index (χ0n) is 8.31. The number of nitrogens with zero attached hydrogens (tertiary/aromatic N) is 2. The Kier molecular flexibility index (Phi) is 4.34. The van der Waals surface area contributed by atoms with Crippen LogP contribution in [0.25, 0.3) is 0 Å². The Hall–Kier alpha value is -0.620. The van der Waals surface area contributed by atoms with E-state index in [1.165, 1.54) is 30.2 Å². The Bertz CT molecular complexity index is 314.